The van der Waals surface area contributed by atoms with Crippen LogP contribution in [0.2, 0.25) is 5.02 Å². The molecule has 2 aromatic rings. The van der Waals surface area contributed by atoms with Gasteiger partial charge in [-0.1, -0.05) is 24.2 Å². The minimum atomic E-state index is -3.42. The SMILES string of the molecule is C=C(N1CCC(O)CC1)C(F)(F)c1ccc(Cl)c(C(=O)Nc2ccc(F)c(C)c2)c1. The van der Waals surface area contributed by atoms with Gasteiger partial charge in [-0.2, -0.15) is 8.78 Å². The molecule has 0 spiro atoms. The zero-order valence-electron chi connectivity index (χ0n) is 16.4. The summed E-state index contributed by atoms with van der Waals surface area (Å²) in [6, 6.07) is 7.45. The molecule has 1 amide bonds. The Morgan fingerprint density at radius 3 is 2.53 bits per heavy atom. The monoisotopic (exact) mass is 438 g/mol. The number of piperidine rings is 1. The molecule has 2 aromatic carbocycles. The van der Waals surface area contributed by atoms with E-state index in [-0.39, 0.29) is 23.7 Å². The molecule has 4 nitrogen and oxygen atoms in total. The van der Waals surface area contributed by atoms with Gasteiger partial charge in [-0.15, -0.1) is 0 Å². The number of benzene rings is 2. The van der Waals surface area contributed by atoms with Crippen molar-refractivity contribution in [2.75, 3.05) is 18.4 Å². The number of hydrogen-bond donors (Lipinski definition) is 2. The van der Waals surface area contributed by atoms with E-state index in [4.69, 9.17) is 11.6 Å². The van der Waals surface area contributed by atoms with Gasteiger partial charge in [-0.25, -0.2) is 4.39 Å². The first-order valence-electron chi connectivity index (χ1n) is 9.47. The molecule has 1 aliphatic rings. The molecule has 160 valence electrons. The first kappa shape index (κ1) is 22.2. The Hall–Kier alpha value is -2.51. The van der Waals surface area contributed by atoms with Gasteiger partial charge in [0.25, 0.3) is 5.91 Å². The number of aryl methyl sites for hydroxylation is 1. The number of likely N-dealkylation sites (tertiary alicyclic amines) is 1. The predicted molar refractivity (Wildman–Crippen MR) is 110 cm³/mol. The summed E-state index contributed by atoms with van der Waals surface area (Å²) in [7, 11) is 0. The highest BCUT2D eigenvalue weighted by Crippen LogP contribution is 2.39. The van der Waals surface area contributed by atoms with Crippen molar-refractivity contribution in [1.82, 2.24) is 4.90 Å². The first-order valence-corrected chi connectivity index (χ1v) is 9.85. The average molecular weight is 439 g/mol. The van der Waals surface area contributed by atoms with Crippen LogP contribution >= 0.6 is 11.6 Å². The van der Waals surface area contributed by atoms with E-state index in [0.29, 0.717) is 24.1 Å². The van der Waals surface area contributed by atoms with E-state index in [1.54, 1.807) is 6.92 Å². The number of halogens is 4. The van der Waals surface area contributed by atoms with Crippen LogP contribution in [0.1, 0.15) is 34.3 Å². The Bertz CT molecular complexity index is 973. The van der Waals surface area contributed by atoms with Crippen LogP contribution in [0.15, 0.2) is 48.7 Å². The summed E-state index contributed by atoms with van der Waals surface area (Å²) in [4.78, 5) is 14.1. The Kier molecular flexibility index (Phi) is 6.43. The fourth-order valence-electron chi connectivity index (χ4n) is 3.32. The summed E-state index contributed by atoms with van der Waals surface area (Å²) < 4.78 is 43.6. The molecule has 0 radical (unpaired) electrons. The number of anilines is 1. The number of nitrogens with zero attached hydrogens (tertiary/aromatic N) is 1. The number of nitrogens with one attached hydrogen (secondary N) is 1. The summed E-state index contributed by atoms with van der Waals surface area (Å²) >= 11 is 6.08. The van der Waals surface area contributed by atoms with Crippen LogP contribution in [0.3, 0.4) is 0 Å². The van der Waals surface area contributed by atoms with Gasteiger partial charge in [0, 0.05) is 24.3 Å². The van der Waals surface area contributed by atoms with Crippen molar-refractivity contribution in [3.8, 4) is 0 Å². The van der Waals surface area contributed by atoms with Gasteiger partial charge < -0.3 is 15.3 Å². The van der Waals surface area contributed by atoms with Crippen LogP contribution in [0, 0.1) is 12.7 Å². The highest BCUT2D eigenvalue weighted by Gasteiger charge is 2.39. The lowest BCUT2D eigenvalue weighted by Crippen LogP contribution is -2.39. The maximum absolute atomic E-state index is 15.1. The summed E-state index contributed by atoms with van der Waals surface area (Å²) in [6.07, 6.45) is 0.282. The van der Waals surface area contributed by atoms with E-state index in [1.165, 1.54) is 29.2 Å². The Morgan fingerprint density at radius 2 is 1.90 bits per heavy atom. The lowest BCUT2D eigenvalue weighted by molar-refractivity contribution is -0.00611. The number of carbonyl (C=O) groups excluding carboxylic acids is 1. The molecule has 0 bridgehead atoms. The maximum Gasteiger partial charge on any atom is 0.312 e. The molecule has 0 atom stereocenters. The quantitative estimate of drug-likeness (QED) is 0.682. The summed E-state index contributed by atoms with van der Waals surface area (Å²) in [5.41, 5.74) is -0.274. The molecule has 1 fully saturated rings. The third-order valence-electron chi connectivity index (χ3n) is 5.20. The van der Waals surface area contributed by atoms with Crippen molar-refractivity contribution < 1.29 is 23.1 Å². The number of aliphatic hydroxyl groups excluding tert-OH is 1. The number of amides is 1. The fourth-order valence-corrected chi connectivity index (χ4v) is 3.52. The van der Waals surface area contributed by atoms with E-state index in [1.807, 2.05) is 0 Å². The number of hydrogen-bond acceptors (Lipinski definition) is 3. The van der Waals surface area contributed by atoms with Gasteiger partial charge in [0.05, 0.1) is 22.4 Å². The molecule has 1 heterocycles. The van der Waals surface area contributed by atoms with Crippen molar-refractivity contribution in [2.24, 2.45) is 0 Å². The smallest absolute Gasteiger partial charge is 0.312 e. The van der Waals surface area contributed by atoms with Gasteiger partial charge in [0.2, 0.25) is 0 Å². The number of carbonyl (C=O) groups is 1. The predicted octanol–water partition coefficient (Wildman–Crippen LogP) is 5.10. The Balaban J connectivity index is 1.83. The topological polar surface area (TPSA) is 52.6 Å². The molecular formula is C22H22ClF3N2O2. The Morgan fingerprint density at radius 1 is 1.23 bits per heavy atom. The maximum atomic E-state index is 15.1. The van der Waals surface area contributed by atoms with E-state index in [9.17, 15) is 14.3 Å². The minimum absolute atomic E-state index is 0.0117. The molecule has 30 heavy (non-hydrogen) atoms. The lowest BCUT2D eigenvalue weighted by Gasteiger charge is -2.36. The van der Waals surface area contributed by atoms with Crippen molar-refractivity contribution in [3.05, 3.63) is 76.2 Å². The van der Waals surface area contributed by atoms with Crippen LogP contribution in [0.4, 0.5) is 18.9 Å². The molecule has 3 rings (SSSR count). The summed E-state index contributed by atoms with van der Waals surface area (Å²) in [6.45, 7) is 5.66. The second-order valence-electron chi connectivity index (χ2n) is 7.35. The van der Waals surface area contributed by atoms with Crippen LogP contribution < -0.4 is 5.32 Å². The molecule has 0 saturated carbocycles. The molecule has 0 aliphatic carbocycles. The first-order chi connectivity index (χ1) is 14.1. The molecule has 0 unspecified atom stereocenters. The van der Waals surface area contributed by atoms with Crippen LogP contribution in [0.25, 0.3) is 0 Å². The van der Waals surface area contributed by atoms with E-state index in [0.717, 1.165) is 12.1 Å². The average Bonchev–Trinajstić information content (AvgIpc) is 2.71. The minimum Gasteiger partial charge on any atom is -0.393 e. The van der Waals surface area contributed by atoms with Gasteiger partial charge in [0.15, 0.2) is 0 Å². The van der Waals surface area contributed by atoms with Gasteiger partial charge in [-0.05, 0) is 55.7 Å². The number of allylic oxidation sites excluding steroid dienone is 1. The molecule has 0 aromatic heterocycles. The second kappa shape index (κ2) is 8.70. The van der Waals surface area contributed by atoms with Crippen LogP contribution in [0.5, 0.6) is 0 Å². The third kappa shape index (κ3) is 4.63. The van der Waals surface area contributed by atoms with Gasteiger partial charge in [-0.3, -0.25) is 4.79 Å². The standard InChI is InChI=1S/C22H22ClF3N2O2/c1-13-11-16(4-6-20(13)24)27-21(30)18-12-15(3-5-19(18)23)22(25,26)14(2)28-9-7-17(29)8-10-28/h3-6,11-12,17,29H,2,7-10H2,1H3,(H,27,30). The molecule has 2 N–H and O–H groups in total. The van der Waals surface area contributed by atoms with Crippen LogP contribution in [-0.4, -0.2) is 35.1 Å². The normalized spacial score (nSPS) is 15.2. The zero-order chi connectivity index (χ0) is 22.1. The number of alkyl halides is 2. The van der Waals surface area contributed by atoms with Crippen LogP contribution in [-0.2, 0) is 5.92 Å². The largest absolute Gasteiger partial charge is 0.393 e. The highest BCUT2D eigenvalue weighted by molar-refractivity contribution is 6.34. The fraction of sp³-hybridized carbons (Fsp3) is 0.318. The Labute approximate surface area is 178 Å². The van der Waals surface area contributed by atoms with Crippen molar-refractivity contribution in [1.29, 1.82) is 0 Å². The van der Waals surface area contributed by atoms with Crippen molar-refractivity contribution >= 4 is 23.2 Å². The van der Waals surface area contributed by atoms with E-state index < -0.39 is 35.0 Å². The third-order valence-corrected chi connectivity index (χ3v) is 5.53. The number of aliphatic hydroxyl groups is 1. The van der Waals surface area contributed by atoms with Crippen molar-refractivity contribution in [3.63, 3.8) is 0 Å². The lowest BCUT2D eigenvalue weighted by atomic mass is 10.00. The summed E-state index contributed by atoms with van der Waals surface area (Å²) in [5, 5.41) is 12.1. The molecule has 8 heteroatoms. The molecule has 1 saturated heterocycles. The summed E-state index contributed by atoms with van der Waals surface area (Å²) in [5.74, 6) is -4.53. The number of rotatable bonds is 5. The van der Waals surface area contributed by atoms with E-state index >= 15 is 8.78 Å². The highest BCUT2D eigenvalue weighted by atomic mass is 35.5. The van der Waals surface area contributed by atoms with Gasteiger partial charge in [0.1, 0.15) is 5.82 Å². The second-order valence-corrected chi connectivity index (χ2v) is 7.76. The van der Waals surface area contributed by atoms with E-state index in [2.05, 4.69) is 11.9 Å². The van der Waals surface area contributed by atoms with Gasteiger partial charge >= 0.3 is 5.92 Å². The molecular weight excluding hydrogens is 417 g/mol. The molecule has 1 aliphatic heterocycles. The van der Waals surface area contributed by atoms with Crippen molar-refractivity contribution in [2.45, 2.75) is 31.8 Å². The zero-order valence-corrected chi connectivity index (χ0v) is 17.1.